The zero-order valence-electron chi connectivity index (χ0n) is 9.07. The first-order valence-corrected chi connectivity index (χ1v) is 5.04. The first-order chi connectivity index (χ1) is 7.58. The van der Waals surface area contributed by atoms with E-state index >= 15 is 0 Å². The molecule has 0 heterocycles. The van der Waals surface area contributed by atoms with E-state index in [0.717, 1.165) is 0 Å². The topological polar surface area (TPSA) is 55.8 Å². The van der Waals surface area contributed by atoms with Gasteiger partial charge in [-0.15, -0.1) is 0 Å². The summed E-state index contributed by atoms with van der Waals surface area (Å²) in [5.41, 5.74) is 0.562. The highest BCUT2D eigenvalue weighted by molar-refractivity contribution is 6.32. The van der Waals surface area contributed by atoms with Gasteiger partial charge in [-0.3, -0.25) is 4.79 Å². The van der Waals surface area contributed by atoms with Crippen molar-refractivity contribution in [2.45, 2.75) is 12.5 Å². The molecule has 0 aliphatic carbocycles. The number of carbonyl (C=O) groups excluding carboxylic acids is 1. The molecule has 0 saturated carbocycles. The molecule has 0 aromatic heterocycles. The molecule has 1 N–H and O–H groups in total. The summed E-state index contributed by atoms with van der Waals surface area (Å²) in [6.07, 6.45) is -1.01. The number of hydrogen-bond donors (Lipinski definition) is 1. The first-order valence-electron chi connectivity index (χ1n) is 4.66. The second kappa shape index (κ2) is 5.72. The molecule has 88 valence electrons. The van der Waals surface area contributed by atoms with Gasteiger partial charge >= 0.3 is 5.97 Å². The molecule has 0 bridgehead atoms. The number of benzene rings is 1. The molecule has 0 fully saturated rings. The van der Waals surface area contributed by atoms with E-state index in [0.29, 0.717) is 16.3 Å². The highest BCUT2D eigenvalue weighted by Crippen LogP contribution is 2.28. The minimum atomic E-state index is -0.918. The largest absolute Gasteiger partial charge is 0.495 e. The summed E-state index contributed by atoms with van der Waals surface area (Å²) in [4.78, 5) is 11.0. The van der Waals surface area contributed by atoms with Crippen molar-refractivity contribution in [3.8, 4) is 5.75 Å². The smallest absolute Gasteiger partial charge is 0.308 e. The molecule has 0 unspecified atom stereocenters. The quantitative estimate of drug-likeness (QED) is 0.823. The summed E-state index contributed by atoms with van der Waals surface area (Å²) in [5, 5.41) is 10.2. The lowest BCUT2D eigenvalue weighted by Crippen LogP contribution is -2.08. The number of rotatable bonds is 4. The Bertz CT molecular complexity index is 378. The molecule has 0 aliphatic heterocycles. The number of methoxy groups -OCH3 is 2. The Morgan fingerprint density at radius 2 is 2.19 bits per heavy atom. The van der Waals surface area contributed by atoms with Crippen molar-refractivity contribution < 1.29 is 19.4 Å². The first kappa shape index (κ1) is 12.8. The fourth-order valence-electron chi connectivity index (χ4n) is 1.24. The molecule has 0 amide bonds. The van der Waals surface area contributed by atoms with E-state index < -0.39 is 12.1 Å². The van der Waals surface area contributed by atoms with Gasteiger partial charge in [0.1, 0.15) is 5.75 Å². The lowest BCUT2D eigenvalue weighted by molar-refractivity contribution is -0.142. The molecule has 0 radical (unpaired) electrons. The van der Waals surface area contributed by atoms with Crippen LogP contribution in [0.4, 0.5) is 0 Å². The van der Waals surface area contributed by atoms with Crippen molar-refractivity contribution >= 4 is 17.6 Å². The second-order valence-electron chi connectivity index (χ2n) is 3.19. The third-order valence-corrected chi connectivity index (χ3v) is 2.46. The molecule has 0 spiro atoms. The standard InChI is InChI=1S/C11H13ClO4/c1-15-10-5-7(3-4-8(10)12)9(13)6-11(14)16-2/h3-5,9,13H,6H2,1-2H3/t9-/m1/s1. The SMILES string of the molecule is COC(=O)C[C@@H](O)c1ccc(Cl)c(OC)c1. The maximum atomic E-state index is 11.0. The third-order valence-electron chi connectivity index (χ3n) is 2.15. The molecule has 1 aromatic carbocycles. The van der Waals surface area contributed by atoms with E-state index in [1.54, 1.807) is 18.2 Å². The van der Waals surface area contributed by atoms with Gasteiger partial charge in [-0.05, 0) is 17.7 Å². The van der Waals surface area contributed by atoms with E-state index in [1.807, 2.05) is 0 Å². The summed E-state index contributed by atoms with van der Waals surface area (Å²) >= 11 is 5.84. The summed E-state index contributed by atoms with van der Waals surface area (Å²) in [6, 6.07) is 4.84. The van der Waals surface area contributed by atoms with Gasteiger partial charge in [0.25, 0.3) is 0 Å². The van der Waals surface area contributed by atoms with E-state index in [-0.39, 0.29) is 6.42 Å². The summed E-state index contributed by atoms with van der Waals surface area (Å²) in [6.45, 7) is 0. The molecule has 5 heteroatoms. The third kappa shape index (κ3) is 3.12. The minimum absolute atomic E-state index is 0.0959. The van der Waals surface area contributed by atoms with Gasteiger partial charge in [0.05, 0.1) is 31.8 Å². The summed E-state index contributed by atoms with van der Waals surface area (Å²) in [7, 11) is 2.76. The molecule has 0 saturated heterocycles. The monoisotopic (exact) mass is 244 g/mol. The van der Waals surface area contributed by atoms with Crippen LogP contribution in [0.3, 0.4) is 0 Å². The van der Waals surface area contributed by atoms with E-state index in [4.69, 9.17) is 16.3 Å². The summed E-state index contributed by atoms with van der Waals surface area (Å²) < 4.78 is 9.47. The number of ether oxygens (including phenoxy) is 2. The lowest BCUT2D eigenvalue weighted by Gasteiger charge is -2.11. The molecule has 1 aromatic rings. The van der Waals surface area contributed by atoms with Crippen molar-refractivity contribution in [1.82, 2.24) is 0 Å². The lowest BCUT2D eigenvalue weighted by atomic mass is 10.1. The van der Waals surface area contributed by atoms with Gasteiger partial charge in [0, 0.05) is 0 Å². The molecule has 1 rings (SSSR count). The number of aliphatic hydroxyl groups excluding tert-OH is 1. The number of hydrogen-bond acceptors (Lipinski definition) is 4. The van der Waals surface area contributed by atoms with Crippen molar-refractivity contribution in [3.05, 3.63) is 28.8 Å². The van der Waals surface area contributed by atoms with Crippen LogP contribution in [0.15, 0.2) is 18.2 Å². The molecule has 0 aliphatic rings. The van der Waals surface area contributed by atoms with E-state index in [9.17, 15) is 9.90 Å². The van der Waals surface area contributed by atoms with Crippen molar-refractivity contribution in [3.63, 3.8) is 0 Å². The van der Waals surface area contributed by atoms with Crippen LogP contribution in [-0.2, 0) is 9.53 Å². The summed E-state index contributed by atoms with van der Waals surface area (Å²) in [5.74, 6) is -0.00972. The van der Waals surface area contributed by atoms with Crippen LogP contribution in [-0.4, -0.2) is 25.3 Å². The van der Waals surface area contributed by atoms with Gasteiger partial charge in [0.2, 0.25) is 0 Å². The average molecular weight is 245 g/mol. The van der Waals surface area contributed by atoms with Crippen LogP contribution in [0.25, 0.3) is 0 Å². The Balaban J connectivity index is 2.83. The van der Waals surface area contributed by atoms with Crippen molar-refractivity contribution in [2.75, 3.05) is 14.2 Å². The normalized spacial score (nSPS) is 12.0. The minimum Gasteiger partial charge on any atom is -0.495 e. The fourth-order valence-corrected chi connectivity index (χ4v) is 1.44. The number of halogens is 1. The Morgan fingerprint density at radius 3 is 2.75 bits per heavy atom. The highest BCUT2D eigenvalue weighted by Gasteiger charge is 2.14. The zero-order valence-corrected chi connectivity index (χ0v) is 9.82. The molecule has 16 heavy (non-hydrogen) atoms. The van der Waals surface area contributed by atoms with Crippen LogP contribution < -0.4 is 4.74 Å². The van der Waals surface area contributed by atoms with Gasteiger partial charge in [0.15, 0.2) is 0 Å². The maximum Gasteiger partial charge on any atom is 0.308 e. The molecular formula is C11H13ClO4. The van der Waals surface area contributed by atoms with Crippen LogP contribution in [0.5, 0.6) is 5.75 Å². The van der Waals surface area contributed by atoms with E-state index in [1.165, 1.54) is 14.2 Å². The fraction of sp³-hybridized carbons (Fsp3) is 0.364. The van der Waals surface area contributed by atoms with Crippen molar-refractivity contribution in [1.29, 1.82) is 0 Å². The number of esters is 1. The van der Waals surface area contributed by atoms with Crippen LogP contribution in [0, 0.1) is 0 Å². The van der Waals surface area contributed by atoms with Gasteiger partial charge < -0.3 is 14.6 Å². The Hall–Kier alpha value is -1.26. The maximum absolute atomic E-state index is 11.0. The predicted octanol–water partition coefficient (Wildman–Crippen LogP) is 1.95. The van der Waals surface area contributed by atoms with E-state index in [2.05, 4.69) is 4.74 Å². The Kier molecular flexibility index (Phi) is 4.58. The van der Waals surface area contributed by atoms with Gasteiger partial charge in [-0.2, -0.15) is 0 Å². The molecule has 1 atom stereocenters. The van der Waals surface area contributed by atoms with Crippen LogP contribution in [0.2, 0.25) is 5.02 Å². The molecular weight excluding hydrogens is 232 g/mol. The van der Waals surface area contributed by atoms with Gasteiger partial charge in [-0.25, -0.2) is 0 Å². The van der Waals surface area contributed by atoms with Crippen LogP contribution in [0.1, 0.15) is 18.1 Å². The number of aliphatic hydroxyl groups is 1. The Morgan fingerprint density at radius 1 is 1.50 bits per heavy atom. The van der Waals surface area contributed by atoms with Gasteiger partial charge in [-0.1, -0.05) is 17.7 Å². The number of carbonyl (C=O) groups is 1. The second-order valence-corrected chi connectivity index (χ2v) is 3.60. The predicted molar refractivity (Wildman–Crippen MR) is 59.6 cm³/mol. The highest BCUT2D eigenvalue weighted by atomic mass is 35.5. The van der Waals surface area contributed by atoms with Crippen molar-refractivity contribution in [2.24, 2.45) is 0 Å². The Labute approximate surface area is 98.7 Å². The van der Waals surface area contributed by atoms with Crippen LogP contribution >= 0.6 is 11.6 Å². The zero-order chi connectivity index (χ0) is 12.1. The average Bonchev–Trinajstić information content (AvgIpc) is 2.29. The molecule has 4 nitrogen and oxygen atoms in total.